The van der Waals surface area contributed by atoms with Crippen LogP contribution < -0.4 is 0 Å². The SMILES string of the molecule is CC(C)(O)c1cnnn1CC(=O)O. The van der Waals surface area contributed by atoms with Gasteiger partial charge in [0.25, 0.3) is 0 Å². The Morgan fingerprint density at radius 3 is 2.77 bits per heavy atom. The zero-order valence-corrected chi connectivity index (χ0v) is 7.43. The lowest BCUT2D eigenvalue weighted by Crippen LogP contribution is -2.23. The molecule has 0 amide bonds. The standard InChI is InChI=1S/C7H11N3O3/c1-7(2,13)5-3-8-9-10(5)4-6(11)12/h3,13H,4H2,1-2H3,(H,11,12). The van der Waals surface area contributed by atoms with E-state index in [1.807, 2.05) is 0 Å². The molecule has 0 atom stereocenters. The van der Waals surface area contributed by atoms with Crippen LogP contribution in [0.25, 0.3) is 0 Å². The second-order valence-electron chi connectivity index (χ2n) is 3.23. The van der Waals surface area contributed by atoms with Crippen molar-refractivity contribution in [3.05, 3.63) is 11.9 Å². The zero-order valence-electron chi connectivity index (χ0n) is 7.43. The molecule has 2 N–H and O–H groups in total. The van der Waals surface area contributed by atoms with Gasteiger partial charge in [0.15, 0.2) is 0 Å². The predicted molar refractivity (Wildman–Crippen MR) is 42.9 cm³/mol. The van der Waals surface area contributed by atoms with Gasteiger partial charge in [-0.2, -0.15) is 0 Å². The van der Waals surface area contributed by atoms with E-state index in [-0.39, 0.29) is 6.54 Å². The van der Waals surface area contributed by atoms with Gasteiger partial charge in [-0.15, -0.1) is 5.10 Å². The van der Waals surface area contributed by atoms with Gasteiger partial charge in [0.2, 0.25) is 0 Å². The van der Waals surface area contributed by atoms with Crippen molar-refractivity contribution < 1.29 is 15.0 Å². The molecule has 1 aromatic rings. The van der Waals surface area contributed by atoms with Crippen LogP contribution in [0, 0.1) is 0 Å². The monoisotopic (exact) mass is 185 g/mol. The Morgan fingerprint density at radius 2 is 2.31 bits per heavy atom. The number of aliphatic hydroxyl groups is 1. The molecule has 0 aliphatic carbocycles. The first-order valence-corrected chi connectivity index (χ1v) is 3.74. The average molecular weight is 185 g/mol. The fourth-order valence-corrected chi connectivity index (χ4v) is 0.976. The van der Waals surface area contributed by atoms with Crippen molar-refractivity contribution in [1.82, 2.24) is 15.0 Å². The first-order valence-electron chi connectivity index (χ1n) is 3.74. The van der Waals surface area contributed by atoms with Gasteiger partial charge in [0.1, 0.15) is 12.1 Å². The Kier molecular flexibility index (Phi) is 2.33. The fourth-order valence-electron chi connectivity index (χ4n) is 0.976. The molecule has 0 aliphatic heterocycles. The van der Waals surface area contributed by atoms with Crippen LogP contribution in [0.15, 0.2) is 6.20 Å². The molecule has 1 aromatic heterocycles. The third-order valence-corrected chi connectivity index (χ3v) is 1.53. The van der Waals surface area contributed by atoms with Crippen LogP contribution in [0.2, 0.25) is 0 Å². The first-order chi connectivity index (χ1) is 5.91. The Bertz CT molecular complexity index is 313. The summed E-state index contributed by atoms with van der Waals surface area (Å²) in [5.74, 6) is -1.02. The van der Waals surface area contributed by atoms with Gasteiger partial charge >= 0.3 is 5.97 Å². The lowest BCUT2D eigenvalue weighted by atomic mass is 10.1. The molecule has 13 heavy (non-hydrogen) atoms. The Labute approximate surface area is 74.8 Å². The van der Waals surface area contributed by atoms with Crippen molar-refractivity contribution in [3.63, 3.8) is 0 Å². The molecule has 0 spiro atoms. The molecule has 0 saturated heterocycles. The second kappa shape index (κ2) is 3.14. The number of rotatable bonds is 3. The van der Waals surface area contributed by atoms with Crippen LogP contribution in [-0.4, -0.2) is 31.2 Å². The molecule has 0 radical (unpaired) electrons. The van der Waals surface area contributed by atoms with Gasteiger partial charge in [0, 0.05) is 0 Å². The van der Waals surface area contributed by atoms with E-state index in [1.165, 1.54) is 6.20 Å². The predicted octanol–water partition coefficient (Wildman–Crippen LogP) is -0.410. The summed E-state index contributed by atoms with van der Waals surface area (Å²) in [6, 6.07) is 0. The highest BCUT2D eigenvalue weighted by Crippen LogP contribution is 2.17. The third kappa shape index (κ3) is 2.25. The summed E-state index contributed by atoms with van der Waals surface area (Å²) in [5, 5.41) is 25.2. The van der Waals surface area contributed by atoms with Crippen LogP contribution in [0.4, 0.5) is 0 Å². The third-order valence-electron chi connectivity index (χ3n) is 1.53. The zero-order chi connectivity index (χ0) is 10.1. The summed E-state index contributed by atoms with van der Waals surface area (Å²) in [4.78, 5) is 10.4. The van der Waals surface area contributed by atoms with Crippen LogP contribution in [-0.2, 0) is 16.9 Å². The maximum Gasteiger partial charge on any atom is 0.325 e. The molecule has 6 nitrogen and oxygen atoms in total. The van der Waals surface area contributed by atoms with E-state index in [4.69, 9.17) is 5.11 Å². The van der Waals surface area contributed by atoms with Gasteiger partial charge < -0.3 is 10.2 Å². The molecule has 0 aromatic carbocycles. The highest BCUT2D eigenvalue weighted by molar-refractivity contribution is 5.66. The number of hydrogen-bond donors (Lipinski definition) is 2. The van der Waals surface area contributed by atoms with Gasteiger partial charge in [-0.05, 0) is 13.8 Å². The largest absolute Gasteiger partial charge is 0.480 e. The molecule has 0 unspecified atom stereocenters. The highest BCUT2D eigenvalue weighted by Gasteiger charge is 2.22. The van der Waals surface area contributed by atoms with E-state index in [0.717, 1.165) is 4.68 Å². The molecule has 0 saturated carbocycles. The van der Waals surface area contributed by atoms with Crippen LogP contribution >= 0.6 is 0 Å². The Balaban J connectivity index is 2.96. The van der Waals surface area contributed by atoms with Crippen molar-refractivity contribution in [3.8, 4) is 0 Å². The Hall–Kier alpha value is -1.43. The molecule has 0 fully saturated rings. The van der Waals surface area contributed by atoms with Crippen molar-refractivity contribution in [1.29, 1.82) is 0 Å². The summed E-state index contributed by atoms with van der Waals surface area (Å²) in [6.45, 7) is 2.80. The number of hydrogen-bond acceptors (Lipinski definition) is 4. The van der Waals surface area contributed by atoms with E-state index in [9.17, 15) is 9.90 Å². The lowest BCUT2D eigenvalue weighted by molar-refractivity contribution is -0.138. The van der Waals surface area contributed by atoms with Crippen molar-refractivity contribution in [2.75, 3.05) is 0 Å². The van der Waals surface area contributed by atoms with E-state index in [1.54, 1.807) is 13.8 Å². The summed E-state index contributed by atoms with van der Waals surface area (Å²) in [5.41, 5.74) is -0.742. The molecule has 0 bridgehead atoms. The van der Waals surface area contributed by atoms with Crippen molar-refractivity contribution in [2.24, 2.45) is 0 Å². The molecule has 72 valence electrons. The second-order valence-corrected chi connectivity index (χ2v) is 3.23. The number of carboxylic acid groups (broad SMARTS) is 1. The summed E-state index contributed by atoms with van der Waals surface area (Å²) in [7, 11) is 0. The molecule has 1 heterocycles. The minimum absolute atomic E-state index is 0.292. The number of nitrogens with zero attached hydrogens (tertiary/aromatic N) is 3. The van der Waals surface area contributed by atoms with Crippen molar-refractivity contribution in [2.45, 2.75) is 26.0 Å². The number of carbonyl (C=O) groups is 1. The first kappa shape index (κ1) is 9.66. The Morgan fingerprint density at radius 1 is 1.69 bits per heavy atom. The number of carboxylic acids is 1. The van der Waals surface area contributed by atoms with Gasteiger partial charge in [-0.1, -0.05) is 5.21 Å². The average Bonchev–Trinajstić information content (AvgIpc) is 2.31. The van der Waals surface area contributed by atoms with E-state index < -0.39 is 11.6 Å². The van der Waals surface area contributed by atoms with Crippen LogP contribution in [0.1, 0.15) is 19.5 Å². The van der Waals surface area contributed by atoms with Gasteiger partial charge in [0.05, 0.1) is 11.9 Å². The molecular weight excluding hydrogens is 174 g/mol. The minimum atomic E-state index is -1.13. The summed E-state index contributed by atoms with van der Waals surface area (Å²) >= 11 is 0. The quantitative estimate of drug-likeness (QED) is 0.668. The number of aliphatic carboxylic acids is 1. The van der Waals surface area contributed by atoms with E-state index >= 15 is 0 Å². The summed E-state index contributed by atoms with van der Waals surface area (Å²) in [6.07, 6.45) is 1.35. The topological polar surface area (TPSA) is 88.2 Å². The highest BCUT2D eigenvalue weighted by atomic mass is 16.4. The molecule has 1 rings (SSSR count). The van der Waals surface area contributed by atoms with Crippen LogP contribution in [0.5, 0.6) is 0 Å². The summed E-state index contributed by atoms with van der Waals surface area (Å²) < 4.78 is 1.16. The van der Waals surface area contributed by atoms with Crippen LogP contribution in [0.3, 0.4) is 0 Å². The molecule has 0 aliphatic rings. The smallest absolute Gasteiger partial charge is 0.325 e. The van der Waals surface area contributed by atoms with E-state index in [2.05, 4.69) is 10.3 Å². The molecule has 6 heteroatoms. The maximum absolute atomic E-state index is 10.4. The molecular formula is C7H11N3O3. The normalized spacial score (nSPS) is 11.6. The fraction of sp³-hybridized carbons (Fsp3) is 0.571. The minimum Gasteiger partial charge on any atom is -0.480 e. The lowest BCUT2D eigenvalue weighted by Gasteiger charge is -2.16. The van der Waals surface area contributed by atoms with E-state index in [0.29, 0.717) is 5.69 Å². The maximum atomic E-state index is 10.4. The van der Waals surface area contributed by atoms with Crippen molar-refractivity contribution >= 4 is 5.97 Å². The van der Waals surface area contributed by atoms with Gasteiger partial charge in [-0.25, -0.2) is 4.68 Å². The van der Waals surface area contributed by atoms with Gasteiger partial charge in [-0.3, -0.25) is 4.79 Å². The number of aromatic nitrogens is 3.